The zero-order chi connectivity index (χ0) is 23.7. The lowest BCUT2D eigenvalue weighted by Crippen LogP contribution is -2.55. The second-order valence-corrected chi connectivity index (χ2v) is 12.7. The number of rotatable bonds is 4. The number of hydrogen-bond donors (Lipinski definition) is 2. The van der Waals surface area contributed by atoms with Crippen molar-refractivity contribution >= 4 is 0 Å². The first-order valence-electron chi connectivity index (χ1n) is 13.2. The van der Waals surface area contributed by atoms with Gasteiger partial charge in [0.1, 0.15) is 0 Å². The van der Waals surface area contributed by atoms with Crippen LogP contribution in [0.4, 0.5) is 13.2 Å². The van der Waals surface area contributed by atoms with E-state index in [1.54, 1.807) is 0 Å². The Labute approximate surface area is 196 Å². The van der Waals surface area contributed by atoms with Crippen LogP contribution in [0.5, 0.6) is 0 Å². The Hall–Kier alpha value is -0.590. The molecule has 4 fully saturated rings. The lowest BCUT2D eigenvalue weighted by atomic mass is 9.46. The van der Waals surface area contributed by atoms with Crippen LogP contribution in [0, 0.1) is 34.5 Å². The van der Waals surface area contributed by atoms with Gasteiger partial charge in [0.15, 0.2) is 5.60 Å². The quantitative estimate of drug-likeness (QED) is 0.483. The highest BCUT2D eigenvalue weighted by molar-refractivity contribution is 5.27. The molecule has 1 aliphatic heterocycles. The van der Waals surface area contributed by atoms with E-state index in [1.807, 2.05) is 0 Å². The molecule has 188 valence electrons. The van der Waals surface area contributed by atoms with E-state index < -0.39 is 17.4 Å². The van der Waals surface area contributed by atoms with Gasteiger partial charge in [0.05, 0.1) is 12.2 Å². The molecule has 1 heterocycles. The summed E-state index contributed by atoms with van der Waals surface area (Å²) in [6, 6.07) is 0. The smallest absolute Gasteiger partial charge is 0.387 e. The van der Waals surface area contributed by atoms with Gasteiger partial charge in [-0.15, -0.1) is 0 Å². The third-order valence-electron chi connectivity index (χ3n) is 11.2. The molecule has 0 radical (unpaired) electrons. The molecule has 4 aliphatic carbocycles. The highest BCUT2D eigenvalue weighted by Gasteiger charge is 2.63. The molecule has 3 nitrogen and oxygen atoms in total. The van der Waals surface area contributed by atoms with Crippen LogP contribution in [0.2, 0.25) is 0 Å². The van der Waals surface area contributed by atoms with E-state index in [0.29, 0.717) is 48.7 Å². The van der Waals surface area contributed by atoms with Gasteiger partial charge in [-0.05, 0) is 92.3 Å². The topological polar surface area (TPSA) is 49.7 Å². The Bertz CT molecular complexity index is 788. The third kappa shape index (κ3) is 3.81. The Morgan fingerprint density at radius 3 is 2.52 bits per heavy atom. The molecule has 0 aromatic rings. The zero-order valence-corrected chi connectivity index (χ0v) is 20.2. The summed E-state index contributed by atoms with van der Waals surface area (Å²) in [7, 11) is 0. The summed E-state index contributed by atoms with van der Waals surface area (Å²) in [4.78, 5) is 0. The van der Waals surface area contributed by atoms with Crippen molar-refractivity contribution < 1.29 is 28.1 Å². The largest absolute Gasteiger partial charge is 0.417 e. The molecule has 0 bridgehead atoms. The van der Waals surface area contributed by atoms with Gasteiger partial charge in [0, 0.05) is 19.4 Å². The van der Waals surface area contributed by atoms with Crippen LogP contribution in [0.25, 0.3) is 0 Å². The van der Waals surface area contributed by atoms with Crippen molar-refractivity contribution in [2.75, 3.05) is 13.2 Å². The van der Waals surface area contributed by atoms with Crippen LogP contribution in [0.1, 0.15) is 90.9 Å². The fourth-order valence-corrected chi connectivity index (χ4v) is 8.94. The molecule has 6 heteroatoms. The maximum atomic E-state index is 13.5. The van der Waals surface area contributed by atoms with E-state index in [4.69, 9.17) is 4.74 Å². The Morgan fingerprint density at radius 2 is 1.82 bits per heavy atom. The van der Waals surface area contributed by atoms with Gasteiger partial charge in [-0.25, -0.2) is 0 Å². The summed E-state index contributed by atoms with van der Waals surface area (Å²) in [6.45, 7) is 5.80. The third-order valence-corrected chi connectivity index (χ3v) is 11.2. The van der Waals surface area contributed by atoms with Crippen molar-refractivity contribution in [1.29, 1.82) is 0 Å². The van der Waals surface area contributed by atoms with Gasteiger partial charge in [-0.2, -0.15) is 13.2 Å². The van der Waals surface area contributed by atoms with Gasteiger partial charge in [-0.3, -0.25) is 0 Å². The van der Waals surface area contributed by atoms with Crippen LogP contribution in [0.15, 0.2) is 11.6 Å². The Kier molecular flexibility index (Phi) is 5.82. The van der Waals surface area contributed by atoms with Crippen LogP contribution < -0.4 is 0 Å². The molecular weight excluding hydrogens is 429 g/mol. The predicted molar refractivity (Wildman–Crippen MR) is 120 cm³/mol. The average Bonchev–Trinajstić information content (AvgIpc) is 3.31. The second kappa shape index (κ2) is 7.96. The van der Waals surface area contributed by atoms with E-state index in [0.717, 1.165) is 50.5 Å². The second-order valence-electron chi connectivity index (χ2n) is 12.7. The summed E-state index contributed by atoms with van der Waals surface area (Å²) < 4.78 is 46.0. The van der Waals surface area contributed by atoms with Gasteiger partial charge in [-0.1, -0.05) is 31.9 Å². The lowest BCUT2D eigenvalue weighted by Gasteiger charge is -2.59. The fourth-order valence-electron chi connectivity index (χ4n) is 8.94. The van der Waals surface area contributed by atoms with Gasteiger partial charge >= 0.3 is 6.18 Å². The number of allylic oxidation sites excluding steroid dienone is 1. The molecule has 0 spiro atoms. The van der Waals surface area contributed by atoms with E-state index in [1.165, 1.54) is 12.8 Å². The first-order chi connectivity index (χ1) is 15.4. The van der Waals surface area contributed by atoms with Crippen molar-refractivity contribution in [1.82, 2.24) is 0 Å². The predicted octanol–water partition coefficient (Wildman–Crippen LogP) is 6.18. The first-order valence-corrected chi connectivity index (χ1v) is 13.2. The van der Waals surface area contributed by atoms with Gasteiger partial charge < -0.3 is 14.9 Å². The summed E-state index contributed by atoms with van der Waals surface area (Å²) in [6.07, 6.45) is 6.88. The van der Waals surface area contributed by atoms with Crippen LogP contribution in [0.3, 0.4) is 0 Å². The van der Waals surface area contributed by atoms with Crippen LogP contribution in [-0.4, -0.2) is 40.8 Å². The Morgan fingerprint density at radius 1 is 1.03 bits per heavy atom. The summed E-state index contributed by atoms with van der Waals surface area (Å²) in [5.41, 5.74) is -2.22. The minimum absolute atomic E-state index is 0.176. The molecule has 2 N–H and O–H groups in total. The highest BCUT2D eigenvalue weighted by Crippen LogP contribution is 2.67. The van der Waals surface area contributed by atoms with Gasteiger partial charge in [0.25, 0.3) is 0 Å². The monoisotopic (exact) mass is 470 g/mol. The molecular formula is C27H41F3O3. The van der Waals surface area contributed by atoms with Crippen molar-refractivity contribution in [3.63, 3.8) is 0 Å². The number of halogens is 3. The summed E-state index contributed by atoms with van der Waals surface area (Å²) in [5.74, 6) is 2.29. The molecule has 8 atom stereocenters. The minimum atomic E-state index is -4.56. The fraction of sp³-hybridized carbons (Fsp3) is 0.926. The zero-order valence-electron chi connectivity index (χ0n) is 20.2. The minimum Gasteiger partial charge on any atom is -0.387 e. The SMILES string of the molecule is C[C@]12CC[C@H]3[C@@H](CC=C4C[C@](O)(C(F)(F)F)CC[C@@]43C)[C@@H]1CC[C@@H]2CCC[C@@]1(O)CCOC1. The highest BCUT2D eigenvalue weighted by atomic mass is 19.4. The molecule has 0 unspecified atom stereocenters. The van der Waals surface area contributed by atoms with Crippen LogP contribution >= 0.6 is 0 Å². The number of aliphatic hydroxyl groups is 2. The van der Waals surface area contributed by atoms with Crippen LogP contribution in [-0.2, 0) is 4.74 Å². The van der Waals surface area contributed by atoms with Crippen molar-refractivity contribution in [3.05, 3.63) is 11.6 Å². The molecule has 5 rings (SSSR count). The maximum Gasteiger partial charge on any atom is 0.417 e. The molecule has 0 aromatic heterocycles. The standard InChI is InChI=1S/C27H41F3O3/c1-23-11-9-22-20(7-5-19-16-26(32,27(28,29)30)13-12-24(19,22)2)21(23)8-6-18(23)4-3-10-25(31)14-15-33-17-25/h5,18,20-22,31-32H,3-4,6-17H2,1-2H3/t18-,20-,21-,22-,23+,24-,25+,26-/m0/s1. The first kappa shape index (κ1) is 24.1. The molecule has 0 amide bonds. The van der Waals surface area contributed by atoms with Crippen molar-refractivity contribution in [2.45, 2.75) is 108 Å². The van der Waals surface area contributed by atoms with E-state index in [-0.39, 0.29) is 18.3 Å². The lowest BCUT2D eigenvalue weighted by molar-refractivity contribution is -0.271. The Balaban J connectivity index is 1.28. The van der Waals surface area contributed by atoms with Crippen molar-refractivity contribution in [2.24, 2.45) is 34.5 Å². The number of hydrogen-bond acceptors (Lipinski definition) is 3. The van der Waals surface area contributed by atoms with E-state index >= 15 is 0 Å². The number of ether oxygens (including phenoxy) is 1. The van der Waals surface area contributed by atoms with E-state index in [2.05, 4.69) is 19.9 Å². The number of alkyl halides is 3. The van der Waals surface area contributed by atoms with E-state index in [9.17, 15) is 23.4 Å². The van der Waals surface area contributed by atoms with Crippen molar-refractivity contribution in [3.8, 4) is 0 Å². The van der Waals surface area contributed by atoms with Gasteiger partial charge in [0.2, 0.25) is 0 Å². The maximum absolute atomic E-state index is 13.5. The normalized spacial score (nSPS) is 49.8. The average molecular weight is 471 g/mol. The molecule has 33 heavy (non-hydrogen) atoms. The number of fused-ring (bicyclic) bond motifs is 5. The molecule has 0 aromatic carbocycles. The molecule has 5 aliphatic rings. The summed E-state index contributed by atoms with van der Waals surface area (Å²) in [5, 5.41) is 21.0. The molecule has 3 saturated carbocycles. The summed E-state index contributed by atoms with van der Waals surface area (Å²) >= 11 is 0. The molecule has 1 saturated heterocycles.